The smallest absolute Gasteiger partial charge is 0.264 e. The molecule has 4 aromatic heterocycles. The molecule has 4 heterocycles. The van der Waals surface area contributed by atoms with Crippen molar-refractivity contribution in [3.63, 3.8) is 0 Å². The van der Waals surface area contributed by atoms with Crippen LogP contribution in [0.25, 0.3) is 22.1 Å². The standard InChI is InChI=1S/C32H27N7O2/c1-20-25(19-37(4)35-20)15-14-23-10-8-11-24-18-27(39(32(41)29(23)24)26-12-6-5-7-13-26)21(2)34-31(40)28-22(3)36-38-17-9-16-33-30(28)38/h5-13,16-19,21H,1-4H3,(H,34,40)/t21-/m0/s1. The maximum Gasteiger partial charge on any atom is 0.264 e. The van der Waals surface area contributed by atoms with Gasteiger partial charge >= 0.3 is 0 Å². The number of hydrogen-bond acceptors (Lipinski definition) is 5. The first-order valence-electron chi connectivity index (χ1n) is 13.2. The van der Waals surface area contributed by atoms with Crippen molar-refractivity contribution in [2.45, 2.75) is 26.8 Å². The van der Waals surface area contributed by atoms with Crippen LogP contribution in [0, 0.1) is 25.7 Å². The lowest BCUT2D eigenvalue weighted by Gasteiger charge is -2.21. The number of aromatic nitrogens is 6. The third-order valence-corrected chi connectivity index (χ3v) is 7.02. The number of carbonyl (C=O) groups excluding carboxylic acids is 1. The lowest BCUT2D eigenvalue weighted by atomic mass is 10.0. The van der Waals surface area contributed by atoms with Gasteiger partial charge in [0.15, 0.2) is 5.65 Å². The van der Waals surface area contributed by atoms with Crippen molar-refractivity contribution in [1.82, 2.24) is 34.3 Å². The predicted octanol–water partition coefficient (Wildman–Crippen LogP) is 4.27. The SMILES string of the molecule is Cc1nn(C)cc1C#Cc1cccc2cc([C@H](C)NC(=O)c3c(C)nn4cccnc34)n(-c3ccccc3)c(=O)c12. The normalized spacial score (nSPS) is 11.8. The number of hydrogen-bond donors (Lipinski definition) is 1. The number of carbonyl (C=O) groups is 1. The van der Waals surface area contributed by atoms with E-state index >= 15 is 0 Å². The molecule has 0 saturated heterocycles. The van der Waals surface area contributed by atoms with E-state index in [1.165, 1.54) is 0 Å². The zero-order valence-corrected chi connectivity index (χ0v) is 23.1. The monoisotopic (exact) mass is 541 g/mol. The number of nitrogens with one attached hydrogen (secondary N) is 1. The fourth-order valence-electron chi connectivity index (χ4n) is 5.11. The average molecular weight is 542 g/mol. The van der Waals surface area contributed by atoms with Gasteiger partial charge < -0.3 is 5.32 Å². The van der Waals surface area contributed by atoms with Gasteiger partial charge in [-0.2, -0.15) is 10.2 Å². The minimum absolute atomic E-state index is 0.216. The minimum Gasteiger partial charge on any atom is -0.344 e. The van der Waals surface area contributed by atoms with Gasteiger partial charge in [-0.15, -0.1) is 0 Å². The highest BCUT2D eigenvalue weighted by molar-refractivity contribution is 6.01. The highest BCUT2D eigenvalue weighted by atomic mass is 16.2. The topological polar surface area (TPSA) is 99.1 Å². The summed E-state index contributed by atoms with van der Waals surface area (Å²) in [6.07, 6.45) is 5.24. The predicted molar refractivity (Wildman–Crippen MR) is 157 cm³/mol. The number of fused-ring (bicyclic) bond motifs is 2. The number of aryl methyl sites for hydroxylation is 3. The zero-order valence-electron chi connectivity index (χ0n) is 23.1. The van der Waals surface area contributed by atoms with Crippen LogP contribution in [-0.4, -0.2) is 34.9 Å². The number of rotatable bonds is 4. The molecule has 9 nitrogen and oxygen atoms in total. The molecule has 0 aliphatic heterocycles. The molecule has 0 saturated carbocycles. The number of nitrogens with zero attached hydrogens (tertiary/aromatic N) is 6. The second kappa shape index (κ2) is 10.2. The van der Waals surface area contributed by atoms with Crippen LogP contribution in [-0.2, 0) is 7.05 Å². The Morgan fingerprint density at radius 2 is 1.73 bits per heavy atom. The molecule has 41 heavy (non-hydrogen) atoms. The van der Waals surface area contributed by atoms with E-state index < -0.39 is 6.04 Å². The molecule has 202 valence electrons. The molecule has 0 spiro atoms. The molecule has 0 bridgehead atoms. The van der Waals surface area contributed by atoms with Crippen molar-refractivity contribution >= 4 is 22.3 Å². The van der Waals surface area contributed by atoms with Gasteiger partial charge in [0, 0.05) is 42.6 Å². The maximum atomic E-state index is 14.2. The van der Waals surface area contributed by atoms with Crippen LogP contribution in [0.2, 0.25) is 0 Å². The van der Waals surface area contributed by atoms with Gasteiger partial charge in [0.05, 0.1) is 28.4 Å². The third-order valence-electron chi connectivity index (χ3n) is 7.02. The first-order valence-corrected chi connectivity index (χ1v) is 13.2. The summed E-state index contributed by atoms with van der Waals surface area (Å²) in [4.78, 5) is 32.1. The van der Waals surface area contributed by atoms with Gasteiger partial charge in [0.25, 0.3) is 11.5 Å². The number of benzene rings is 2. The van der Waals surface area contributed by atoms with Gasteiger partial charge in [-0.25, -0.2) is 9.50 Å². The Labute approximate surface area is 236 Å². The first-order chi connectivity index (χ1) is 19.8. The Bertz CT molecular complexity index is 2070. The van der Waals surface area contributed by atoms with Crippen molar-refractivity contribution in [2.75, 3.05) is 0 Å². The van der Waals surface area contributed by atoms with Crippen LogP contribution < -0.4 is 10.9 Å². The Kier molecular flexibility index (Phi) is 6.44. The molecule has 9 heteroatoms. The Balaban J connectivity index is 1.48. The second-order valence-corrected chi connectivity index (χ2v) is 9.91. The fraction of sp³-hybridized carbons (Fsp3) is 0.156. The van der Waals surface area contributed by atoms with Crippen LogP contribution in [0.4, 0.5) is 0 Å². The molecule has 1 N–H and O–H groups in total. The molecule has 0 unspecified atom stereocenters. The molecular weight excluding hydrogens is 514 g/mol. The molecule has 6 aromatic rings. The molecule has 0 aliphatic carbocycles. The maximum absolute atomic E-state index is 14.2. The number of para-hydroxylation sites is 1. The van der Waals surface area contributed by atoms with E-state index in [9.17, 15) is 9.59 Å². The fourth-order valence-corrected chi connectivity index (χ4v) is 5.11. The van der Waals surface area contributed by atoms with Crippen molar-refractivity contribution in [1.29, 1.82) is 0 Å². The van der Waals surface area contributed by atoms with Gasteiger partial charge in [0.1, 0.15) is 5.56 Å². The van der Waals surface area contributed by atoms with E-state index in [4.69, 9.17) is 0 Å². The number of amides is 1. The average Bonchev–Trinajstić information content (AvgIpc) is 3.48. The van der Waals surface area contributed by atoms with Crippen molar-refractivity contribution in [3.8, 4) is 17.5 Å². The van der Waals surface area contributed by atoms with Crippen LogP contribution in [0.3, 0.4) is 0 Å². The summed E-state index contributed by atoms with van der Waals surface area (Å²) in [6, 6.07) is 18.2. The lowest BCUT2D eigenvalue weighted by molar-refractivity contribution is 0.0939. The van der Waals surface area contributed by atoms with E-state index in [0.717, 1.165) is 16.6 Å². The quantitative estimate of drug-likeness (QED) is 0.336. The Morgan fingerprint density at radius 1 is 0.951 bits per heavy atom. The molecular formula is C32H27N7O2. The van der Waals surface area contributed by atoms with Crippen molar-refractivity contribution < 1.29 is 4.79 Å². The molecule has 0 radical (unpaired) electrons. The summed E-state index contributed by atoms with van der Waals surface area (Å²) in [7, 11) is 1.85. The van der Waals surface area contributed by atoms with Gasteiger partial charge in [0.2, 0.25) is 0 Å². The molecule has 0 aliphatic rings. The minimum atomic E-state index is -0.523. The summed E-state index contributed by atoms with van der Waals surface area (Å²) in [5.41, 5.74) is 4.80. The van der Waals surface area contributed by atoms with E-state index in [1.807, 2.05) is 81.7 Å². The van der Waals surface area contributed by atoms with Crippen LogP contribution in [0.5, 0.6) is 0 Å². The van der Waals surface area contributed by atoms with E-state index in [2.05, 4.69) is 32.3 Å². The van der Waals surface area contributed by atoms with E-state index in [1.54, 1.807) is 39.1 Å². The van der Waals surface area contributed by atoms with Gasteiger partial charge in [-0.05, 0) is 56.5 Å². The third kappa shape index (κ3) is 4.66. The Morgan fingerprint density at radius 3 is 2.49 bits per heavy atom. The Hall–Kier alpha value is -5.49. The van der Waals surface area contributed by atoms with Crippen LogP contribution in [0.1, 0.15) is 51.5 Å². The second-order valence-electron chi connectivity index (χ2n) is 9.91. The molecule has 2 aromatic carbocycles. The van der Waals surface area contributed by atoms with Gasteiger partial charge in [-0.3, -0.25) is 18.8 Å². The van der Waals surface area contributed by atoms with Crippen LogP contribution >= 0.6 is 0 Å². The summed E-state index contributed by atoms with van der Waals surface area (Å²) in [6.45, 7) is 5.54. The number of pyridine rings is 1. The van der Waals surface area contributed by atoms with Crippen molar-refractivity contribution in [2.24, 2.45) is 7.05 Å². The zero-order chi connectivity index (χ0) is 28.7. The molecule has 1 atom stereocenters. The van der Waals surface area contributed by atoms with Gasteiger partial charge in [-0.1, -0.05) is 42.2 Å². The van der Waals surface area contributed by atoms with E-state index in [-0.39, 0.29) is 11.5 Å². The van der Waals surface area contributed by atoms with Crippen LogP contribution in [0.15, 0.2) is 84.0 Å². The molecule has 1 amide bonds. The molecule has 0 fully saturated rings. The van der Waals surface area contributed by atoms with Crippen molar-refractivity contribution in [3.05, 3.63) is 123 Å². The summed E-state index contributed by atoms with van der Waals surface area (Å²) < 4.78 is 4.95. The summed E-state index contributed by atoms with van der Waals surface area (Å²) >= 11 is 0. The highest BCUT2D eigenvalue weighted by Crippen LogP contribution is 2.24. The first kappa shape index (κ1) is 25.8. The summed E-state index contributed by atoms with van der Waals surface area (Å²) in [5.74, 6) is 6.06. The lowest BCUT2D eigenvalue weighted by Crippen LogP contribution is -2.32. The highest BCUT2D eigenvalue weighted by Gasteiger charge is 2.23. The largest absolute Gasteiger partial charge is 0.344 e. The summed E-state index contributed by atoms with van der Waals surface area (Å²) in [5, 5.41) is 13.1. The van der Waals surface area contributed by atoms with E-state index in [0.29, 0.717) is 39.2 Å². The molecule has 6 rings (SSSR count).